The number of carbonyl (C=O) groups excluding carboxylic acids is 2. The number of benzene rings is 1. The predicted molar refractivity (Wildman–Crippen MR) is 71.7 cm³/mol. The highest BCUT2D eigenvalue weighted by atomic mass is 35.5. The number of nitro benzene ring substituents is 1. The summed E-state index contributed by atoms with van der Waals surface area (Å²) in [6.45, 7) is 3.55. The van der Waals surface area contributed by atoms with Gasteiger partial charge in [0.25, 0.3) is 11.6 Å². The minimum Gasteiger partial charge on any atom is -0.449 e. The summed E-state index contributed by atoms with van der Waals surface area (Å²) >= 11 is 5.64. The number of nitrogens with one attached hydrogen (secondary N) is 1. The molecule has 1 N–H and O–H groups in total. The van der Waals surface area contributed by atoms with Crippen LogP contribution in [0.1, 0.15) is 24.2 Å². The lowest BCUT2D eigenvalue weighted by Gasteiger charge is -2.12. The summed E-state index contributed by atoms with van der Waals surface area (Å²) in [5.74, 6) is -1.27. The van der Waals surface area contributed by atoms with Crippen LogP contribution in [0.15, 0.2) is 18.2 Å². The van der Waals surface area contributed by atoms with Crippen LogP contribution >= 0.6 is 11.6 Å². The number of likely N-dealkylation sites (N-methyl/N-ethyl adjacent to an activating group) is 1. The summed E-state index contributed by atoms with van der Waals surface area (Å²) in [5, 5.41) is 13.1. The van der Waals surface area contributed by atoms with Crippen LogP contribution in [-0.4, -0.2) is 29.4 Å². The molecule has 0 aliphatic carbocycles. The van der Waals surface area contributed by atoms with E-state index in [1.54, 1.807) is 6.92 Å². The van der Waals surface area contributed by atoms with E-state index in [4.69, 9.17) is 16.3 Å². The average Bonchev–Trinajstić information content (AvgIpc) is 2.38. The highest BCUT2D eigenvalue weighted by molar-refractivity contribution is 6.32. The highest BCUT2D eigenvalue weighted by Crippen LogP contribution is 2.25. The van der Waals surface area contributed by atoms with Gasteiger partial charge in [0.15, 0.2) is 6.10 Å². The molecular weight excluding hydrogens is 288 g/mol. The standard InChI is InChI=1S/C12H13ClN2O5/c1-3-14-11(16)7(2)20-12(17)8-4-5-9(13)10(6-8)15(18)19/h4-7H,3H2,1-2H3,(H,14,16)/t7-/m1/s1. The first-order valence-electron chi connectivity index (χ1n) is 5.79. The van der Waals surface area contributed by atoms with Crippen molar-refractivity contribution < 1.29 is 19.2 Å². The molecule has 0 heterocycles. The van der Waals surface area contributed by atoms with Gasteiger partial charge in [-0.05, 0) is 26.0 Å². The first kappa shape index (κ1) is 15.9. The molecular formula is C12H13ClN2O5. The van der Waals surface area contributed by atoms with Gasteiger partial charge in [-0.2, -0.15) is 0 Å². The summed E-state index contributed by atoms with van der Waals surface area (Å²) < 4.78 is 4.91. The van der Waals surface area contributed by atoms with Gasteiger partial charge in [0.05, 0.1) is 10.5 Å². The second kappa shape index (κ2) is 6.85. The topological polar surface area (TPSA) is 98.5 Å². The quantitative estimate of drug-likeness (QED) is 0.509. The van der Waals surface area contributed by atoms with E-state index in [1.165, 1.54) is 19.1 Å². The van der Waals surface area contributed by atoms with Crippen molar-refractivity contribution in [1.82, 2.24) is 5.32 Å². The highest BCUT2D eigenvalue weighted by Gasteiger charge is 2.21. The predicted octanol–water partition coefficient (Wildman–Crippen LogP) is 1.93. The Kier molecular flexibility index (Phi) is 5.45. The van der Waals surface area contributed by atoms with E-state index in [0.29, 0.717) is 6.54 Å². The fraction of sp³-hybridized carbons (Fsp3) is 0.333. The van der Waals surface area contributed by atoms with Gasteiger partial charge in [0.1, 0.15) is 5.02 Å². The van der Waals surface area contributed by atoms with Crippen LogP contribution in [0.5, 0.6) is 0 Å². The zero-order valence-corrected chi connectivity index (χ0v) is 11.6. The zero-order valence-electron chi connectivity index (χ0n) is 10.9. The minimum absolute atomic E-state index is 0.0442. The van der Waals surface area contributed by atoms with Crippen molar-refractivity contribution in [3.05, 3.63) is 38.9 Å². The molecule has 0 radical (unpaired) electrons. The molecule has 1 aromatic carbocycles. The first-order valence-corrected chi connectivity index (χ1v) is 6.17. The molecule has 0 unspecified atom stereocenters. The number of nitro groups is 1. The van der Waals surface area contributed by atoms with Gasteiger partial charge in [-0.15, -0.1) is 0 Å². The Morgan fingerprint density at radius 1 is 1.50 bits per heavy atom. The van der Waals surface area contributed by atoms with E-state index in [-0.39, 0.29) is 10.6 Å². The first-order chi connectivity index (χ1) is 9.36. The number of amides is 1. The molecule has 0 aliphatic heterocycles. The second-order valence-electron chi connectivity index (χ2n) is 3.87. The number of esters is 1. The lowest BCUT2D eigenvalue weighted by atomic mass is 10.2. The summed E-state index contributed by atoms with van der Waals surface area (Å²) in [4.78, 5) is 33.2. The fourth-order valence-corrected chi connectivity index (χ4v) is 1.57. The van der Waals surface area contributed by atoms with Crippen molar-refractivity contribution >= 4 is 29.2 Å². The smallest absolute Gasteiger partial charge is 0.339 e. The minimum atomic E-state index is -0.989. The molecule has 20 heavy (non-hydrogen) atoms. The van der Waals surface area contributed by atoms with Crippen molar-refractivity contribution in [3.8, 4) is 0 Å². The third-order valence-electron chi connectivity index (χ3n) is 2.38. The fourth-order valence-electron chi connectivity index (χ4n) is 1.38. The van der Waals surface area contributed by atoms with E-state index in [0.717, 1.165) is 6.07 Å². The van der Waals surface area contributed by atoms with Gasteiger partial charge in [-0.1, -0.05) is 11.6 Å². The molecule has 7 nitrogen and oxygen atoms in total. The van der Waals surface area contributed by atoms with Crippen LogP contribution in [0.4, 0.5) is 5.69 Å². The molecule has 0 saturated carbocycles. The molecule has 0 aliphatic rings. The summed E-state index contributed by atoms with van der Waals surface area (Å²) in [6.07, 6.45) is -0.989. The normalized spacial score (nSPS) is 11.6. The number of ether oxygens (including phenoxy) is 1. The molecule has 1 aromatic rings. The molecule has 0 saturated heterocycles. The summed E-state index contributed by atoms with van der Waals surface area (Å²) in [7, 11) is 0. The Morgan fingerprint density at radius 2 is 2.15 bits per heavy atom. The van der Waals surface area contributed by atoms with Crippen molar-refractivity contribution in [2.45, 2.75) is 20.0 Å². The maximum Gasteiger partial charge on any atom is 0.339 e. The van der Waals surface area contributed by atoms with Crippen molar-refractivity contribution in [3.63, 3.8) is 0 Å². The van der Waals surface area contributed by atoms with E-state index in [2.05, 4.69) is 5.32 Å². The third kappa shape index (κ3) is 3.92. The Hall–Kier alpha value is -2.15. The maximum absolute atomic E-state index is 11.8. The molecule has 8 heteroatoms. The molecule has 108 valence electrons. The lowest BCUT2D eigenvalue weighted by molar-refractivity contribution is -0.384. The van der Waals surface area contributed by atoms with Gasteiger partial charge in [-0.3, -0.25) is 14.9 Å². The Morgan fingerprint density at radius 3 is 2.70 bits per heavy atom. The van der Waals surface area contributed by atoms with Crippen molar-refractivity contribution in [2.24, 2.45) is 0 Å². The van der Waals surface area contributed by atoms with Crippen LogP contribution in [0.3, 0.4) is 0 Å². The van der Waals surface area contributed by atoms with Crippen LogP contribution in [0.25, 0.3) is 0 Å². The summed E-state index contributed by atoms with van der Waals surface area (Å²) in [5.41, 5.74) is -0.441. The van der Waals surface area contributed by atoms with Gasteiger partial charge < -0.3 is 10.1 Å². The molecule has 1 rings (SSSR count). The van der Waals surface area contributed by atoms with Crippen LogP contribution in [0.2, 0.25) is 5.02 Å². The van der Waals surface area contributed by atoms with Gasteiger partial charge in [-0.25, -0.2) is 4.79 Å². The maximum atomic E-state index is 11.8. The number of carbonyl (C=O) groups is 2. The molecule has 0 aromatic heterocycles. The number of hydrogen-bond acceptors (Lipinski definition) is 5. The molecule has 1 atom stereocenters. The van der Waals surface area contributed by atoms with E-state index in [1.807, 2.05) is 0 Å². The van der Waals surface area contributed by atoms with E-state index in [9.17, 15) is 19.7 Å². The molecule has 0 fully saturated rings. The Labute approximate surface area is 120 Å². The van der Waals surface area contributed by atoms with Crippen molar-refractivity contribution in [1.29, 1.82) is 0 Å². The van der Waals surface area contributed by atoms with Gasteiger partial charge in [0, 0.05) is 12.6 Å². The Balaban J connectivity index is 2.85. The average molecular weight is 301 g/mol. The molecule has 1 amide bonds. The van der Waals surface area contributed by atoms with E-state index < -0.39 is 28.6 Å². The number of hydrogen-bond donors (Lipinski definition) is 1. The third-order valence-corrected chi connectivity index (χ3v) is 2.70. The number of halogens is 1. The molecule has 0 spiro atoms. The SMILES string of the molecule is CCNC(=O)[C@@H](C)OC(=O)c1ccc(Cl)c([N+](=O)[O-])c1. The van der Waals surface area contributed by atoms with Crippen LogP contribution < -0.4 is 5.32 Å². The number of rotatable bonds is 5. The largest absolute Gasteiger partial charge is 0.449 e. The molecule has 0 bridgehead atoms. The monoisotopic (exact) mass is 300 g/mol. The number of nitrogens with zero attached hydrogens (tertiary/aromatic N) is 1. The second-order valence-corrected chi connectivity index (χ2v) is 4.27. The Bertz CT molecular complexity index is 547. The lowest BCUT2D eigenvalue weighted by Crippen LogP contribution is -2.35. The summed E-state index contributed by atoms with van der Waals surface area (Å²) in [6, 6.07) is 3.53. The van der Waals surface area contributed by atoms with Crippen molar-refractivity contribution in [2.75, 3.05) is 6.54 Å². The van der Waals surface area contributed by atoms with Gasteiger partial charge >= 0.3 is 5.97 Å². The zero-order chi connectivity index (χ0) is 15.3. The van der Waals surface area contributed by atoms with Gasteiger partial charge in [0.2, 0.25) is 0 Å². The van der Waals surface area contributed by atoms with E-state index >= 15 is 0 Å². The van der Waals surface area contributed by atoms with Crippen LogP contribution in [0, 0.1) is 10.1 Å². The van der Waals surface area contributed by atoms with Crippen LogP contribution in [-0.2, 0) is 9.53 Å².